The Labute approximate surface area is 231 Å². The van der Waals surface area contributed by atoms with Gasteiger partial charge in [0.2, 0.25) is 0 Å². The van der Waals surface area contributed by atoms with Gasteiger partial charge in [-0.15, -0.1) is 0 Å². The number of benzene rings is 5. The summed E-state index contributed by atoms with van der Waals surface area (Å²) in [4.78, 5) is 28.4. The minimum Gasteiger partial charge on any atom is -0.461 e. The van der Waals surface area contributed by atoms with E-state index in [1.54, 1.807) is 0 Å². The van der Waals surface area contributed by atoms with Gasteiger partial charge in [-0.2, -0.15) is 0 Å². The van der Waals surface area contributed by atoms with Crippen molar-refractivity contribution in [2.75, 3.05) is 11.9 Å². The van der Waals surface area contributed by atoms with Crippen LogP contribution in [-0.2, 0) is 13.0 Å². The van der Waals surface area contributed by atoms with Crippen molar-refractivity contribution in [2.45, 2.75) is 13.0 Å². The SMILES string of the molecule is O=C(Nc1cccc(-c2cc3c(o2)CCN(C(=O)c2cccc4ccccc24)C3)c1)c1ccc2ccccc2c1. The maximum Gasteiger partial charge on any atom is 0.255 e. The van der Waals surface area contributed by atoms with Gasteiger partial charge < -0.3 is 14.6 Å². The molecule has 5 aromatic carbocycles. The van der Waals surface area contributed by atoms with Gasteiger partial charge >= 0.3 is 0 Å². The Bertz CT molecular complexity index is 1910. The van der Waals surface area contributed by atoms with Crippen molar-refractivity contribution >= 4 is 39.0 Å². The first kappa shape index (κ1) is 23.9. The Balaban J connectivity index is 1.10. The van der Waals surface area contributed by atoms with Gasteiger partial charge in [0.15, 0.2) is 0 Å². The molecule has 1 aromatic heterocycles. The highest BCUT2D eigenvalue weighted by Crippen LogP contribution is 2.32. The van der Waals surface area contributed by atoms with Gasteiger partial charge in [-0.1, -0.05) is 78.9 Å². The van der Waals surface area contributed by atoms with Gasteiger partial charge in [0.25, 0.3) is 11.8 Å². The highest BCUT2D eigenvalue weighted by atomic mass is 16.3. The Hall–Kier alpha value is -5.16. The van der Waals surface area contributed by atoms with E-state index in [0.29, 0.717) is 30.8 Å². The normalized spacial score (nSPS) is 12.8. The molecule has 1 aliphatic heterocycles. The van der Waals surface area contributed by atoms with Crippen LogP contribution in [0.2, 0.25) is 0 Å². The number of nitrogens with zero attached hydrogens (tertiary/aromatic N) is 1. The summed E-state index contributed by atoms with van der Waals surface area (Å²) >= 11 is 0. The Morgan fingerprint density at radius 3 is 2.40 bits per heavy atom. The molecule has 1 aliphatic rings. The average Bonchev–Trinajstić information content (AvgIpc) is 3.44. The van der Waals surface area contributed by atoms with Gasteiger partial charge in [0, 0.05) is 47.5 Å². The van der Waals surface area contributed by atoms with Gasteiger partial charge in [0.1, 0.15) is 11.5 Å². The van der Waals surface area contributed by atoms with Crippen molar-refractivity contribution in [1.29, 1.82) is 0 Å². The third-order valence-electron chi connectivity index (χ3n) is 7.59. The lowest BCUT2D eigenvalue weighted by molar-refractivity contribution is 0.0732. The lowest BCUT2D eigenvalue weighted by Gasteiger charge is -2.26. The van der Waals surface area contributed by atoms with Crippen LogP contribution >= 0.6 is 0 Å². The predicted octanol–water partition coefficient (Wildman–Crippen LogP) is 7.70. The molecular formula is C35H26N2O3. The molecule has 194 valence electrons. The second-order valence-electron chi connectivity index (χ2n) is 10.2. The molecule has 1 N–H and O–H groups in total. The Morgan fingerprint density at radius 1 is 0.725 bits per heavy atom. The number of fused-ring (bicyclic) bond motifs is 3. The molecule has 0 bridgehead atoms. The van der Waals surface area contributed by atoms with Crippen molar-refractivity contribution in [2.24, 2.45) is 0 Å². The van der Waals surface area contributed by atoms with Crippen molar-refractivity contribution < 1.29 is 14.0 Å². The van der Waals surface area contributed by atoms with Gasteiger partial charge in [-0.05, 0) is 57.9 Å². The summed E-state index contributed by atoms with van der Waals surface area (Å²) in [5, 5.41) is 7.17. The van der Waals surface area contributed by atoms with Crippen molar-refractivity contribution in [1.82, 2.24) is 4.90 Å². The number of carbonyl (C=O) groups is 2. The highest BCUT2D eigenvalue weighted by molar-refractivity contribution is 6.07. The van der Waals surface area contributed by atoms with Crippen molar-refractivity contribution in [3.63, 3.8) is 0 Å². The number of amides is 2. The monoisotopic (exact) mass is 522 g/mol. The van der Waals surface area contributed by atoms with Crippen LogP contribution in [0.4, 0.5) is 5.69 Å². The zero-order valence-corrected chi connectivity index (χ0v) is 21.8. The number of hydrogen-bond donors (Lipinski definition) is 1. The third-order valence-corrected chi connectivity index (χ3v) is 7.59. The van der Waals surface area contributed by atoms with E-state index in [2.05, 4.69) is 5.32 Å². The molecule has 2 amide bonds. The number of hydrogen-bond acceptors (Lipinski definition) is 3. The van der Waals surface area contributed by atoms with Crippen LogP contribution in [0, 0.1) is 0 Å². The lowest BCUT2D eigenvalue weighted by Crippen LogP contribution is -2.35. The Kier molecular flexibility index (Phi) is 5.90. The molecular weight excluding hydrogens is 496 g/mol. The fourth-order valence-corrected chi connectivity index (χ4v) is 5.51. The van der Waals surface area contributed by atoms with Crippen LogP contribution in [0.1, 0.15) is 32.0 Å². The van der Waals surface area contributed by atoms with Crippen LogP contribution in [0.25, 0.3) is 32.9 Å². The maximum atomic E-state index is 13.5. The first-order valence-electron chi connectivity index (χ1n) is 13.4. The average molecular weight is 523 g/mol. The number of carbonyl (C=O) groups excluding carboxylic acids is 2. The molecule has 5 nitrogen and oxygen atoms in total. The zero-order chi connectivity index (χ0) is 27.1. The Morgan fingerprint density at radius 2 is 1.50 bits per heavy atom. The molecule has 5 heteroatoms. The second-order valence-corrected chi connectivity index (χ2v) is 10.2. The fraction of sp³-hybridized carbons (Fsp3) is 0.0857. The van der Waals surface area contributed by atoms with E-state index in [1.165, 1.54) is 0 Å². The molecule has 0 spiro atoms. The van der Waals surface area contributed by atoms with E-state index in [4.69, 9.17) is 4.42 Å². The number of rotatable bonds is 4. The summed E-state index contributed by atoms with van der Waals surface area (Å²) in [5.41, 5.74) is 3.91. The summed E-state index contributed by atoms with van der Waals surface area (Å²) in [5.74, 6) is 1.50. The van der Waals surface area contributed by atoms with Crippen molar-refractivity contribution in [3.05, 3.63) is 138 Å². The van der Waals surface area contributed by atoms with Gasteiger partial charge in [-0.25, -0.2) is 0 Å². The van der Waals surface area contributed by atoms with E-state index in [0.717, 1.165) is 49.8 Å². The molecule has 0 saturated carbocycles. The quantitative estimate of drug-likeness (QED) is 0.258. The number of anilines is 1. The van der Waals surface area contributed by atoms with Crippen molar-refractivity contribution in [3.8, 4) is 11.3 Å². The minimum atomic E-state index is -0.163. The van der Waals surface area contributed by atoms with Crippen LogP contribution in [0.15, 0.2) is 120 Å². The van der Waals surface area contributed by atoms with E-state index < -0.39 is 0 Å². The molecule has 7 rings (SSSR count). The smallest absolute Gasteiger partial charge is 0.255 e. The summed E-state index contributed by atoms with van der Waals surface area (Å²) < 4.78 is 6.24. The lowest BCUT2D eigenvalue weighted by atomic mass is 10.0. The standard InChI is InChI=1S/C35H26N2O3/c38-34(27-16-15-23-7-1-2-9-25(23)19-27)36-29-12-5-11-26(20-29)33-21-28-22-37(18-17-32(28)40-33)35(39)31-14-6-10-24-8-3-4-13-30(24)31/h1-16,19-21H,17-18,22H2,(H,36,38). The van der Waals surface area contributed by atoms with Gasteiger partial charge in [-0.3, -0.25) is 9.59 Å². The van der Waals surface area contributed by atoms with Crippen LogP contribution in [0.3, 0.4) is 0 Å². The summed E-state index contributed by atoms with van der Waals surface area (Å²) in [6.07, 6.45) is 0.657. The van der Waals surface area contributed by atoms with Gasteiger partial charge in [0.05, 0.1) is 0 Å². The number of furan rings is 1. The zero-order valence-electron chi connectivity index (χ0n) is 21.8. The third kappa shape index (κ3) is 4.41. The minimum absolute atomic E-state index is 0.0311. The first-order valence-corrected chi connectivity index (χ1v) is 13.4. The van der Waals surface area contributed by atoms with Crippen LogP contribution < -0.4 is 5.32 Å². The topological polar surface area (TPSA) is 62.6 Å². The van der Waals surface area contributed by atoms with E-state index in [-0.39, 0.29) is 11.8 Å². The predicted molar refractivity (Wildman–Crippen MR) is 158 cm³/mol. The van der Waals surface area contributed by atoms with Crippen LogP contribution in [-0.4, -0.2) is 23.3 Å². The summed E-state index contributed by atoms with van der Waals surface area (Å²) in [7, 11) is 0. The molecule has 0 saturated heterocycles. The summed E-state index contributed by atoms with van der Waals surface area (Å²) in [6, 6.07) is 37.2. The van der Waals surface area contributed by atoms with E-state index >= 15 is 0 Å². The first-order chi connectivity index (χ1) is 19.6. The highest BCUT2D eigenvalue weighted by Gasteiger charge is 2.26. The molecule has 0 aliphatic carbocycles. The molecule has 0 unspecified atom stereocenters. The molecule has 40 heavy (non-hydrogen) atoms. The second kappa shape index (κ2) is 9.86. The summed E-state index contributed by atoms with van der Waals surface area (Å²) in [6.45, 7) is 1.10. The van der Waals surface area contributed by atoms with E-state index in [9.17, 15) is 9.59 Å². The largest absolute Gasteiger partial charge is 0.461 e. The molecule has 0 atom stereocenters. The van der Waals surface area contributed by atoms with E-state index in [1.807, 2.05) is 120 Å². The molecule has 0 fully saturated rings. The van der Waals surface area contributed by atoms with Crippen LogP contribution in [0.5, 0.6) is 0 Å². The maximum absolute atomic E-state index is 13.5. The molecule has 2 heterocycles. The molecule has 6 aromatic rings. The fourth-order valence-electron chi connectivity index (χ4n) is 5.51. The number of nitrogens with one attached hydrogen (secondary N) is 1. The molecule has 0 radical (unpaired) electrons.